The summed E-state index contributed by atoms with van der Waals surface area (Å²) in [5.41, 5.74) is 0. The highest BCUT2D eigenvalue weighted by Crippen LogP contribution is 1.98. The lowest BCUT2D eigenvalue weighted by atomic mass is 10.3. The molecule has 0 bridgehead atoms. The maximum atomic E-state index is 11.6. The van der Waals surface area contributed by atoms with Gasteiger partial charge in [-0.1, -0.05) is 13.3 Å². The van der Waals surface area contributed by atoms with E-state index in [1.54, 1.807) is 11.8 Å². The van der Waals surface area contributed by atoms with E-state index in [0.717, 1.165) is 12.8 Å². The van der Waals surface area contributed by atoms with E-state index in [9.17, 15) is 9.59 Å². The fourth-order valence-corrected chi connectivity index (χ4v) is 1.67. The van der Waals surface area contributed by atoms with Crippen molar-refractivity contribution in [3.63, 3.8) is 0 Å². The van der Waals surface area contributed by atoms with Crippen LogP contribution in [0.2, 0.25) is 0 Å². The fraction of sp³-hybridized carbons (Fsp3) is 0.800. The van der Waals surface area contributed by atoms with Crippen LogP contribution in [0.15, 0.2) is 0 Å². The van der Waals surface area contributed by atoms with Gasteiger partial charge in [-0.05, 0) is 12.7 Å². The number of nitrogens with one attached hydrogen (secondary N) is 2. The van der Waals surface area contributed by atoms with Crippen molar-refractivity contribution in [3.05, 3.63) is 0 Å². The summed E-state index contributed by atoms with van der Waals surface area (Å²) in [5, 5.41) is 5.44. The third kappa shape index (κ3) is 7.25. The lowest BCUT2D eigenvalue weighted by Gasteiger charge is -2.16. The highest BCUT2D eigenvalue weighted by Gasteiger charge is 2.17. The van der Waals surface area contributed by atoms with E-state index >= 15 is 0 Å². The summed E-state index contributed by atoms with van der Waals surface area (Å²) < 4.78 is 0. The summed E-state index contributed by atoms with van der Waals surface area (Å²) in [5.74, 6) is 0.352. The summed E-state index contributed by atoms with van der Waals surface area (Å²) in [6.07, 6.45) is 3.93. The van der Waals surface area contributed by atoms with E-state index in [1.165, 1.54) is 6.92 Å². The van der Waals surface area contributed by atoms with Crippen LogP contribution in [0.4, 0.5) is 0 Å². The number of rotatable bonds is 7. The molecule has 0 aliphatic heterocycles. The lowest BCUT2D eigenvalue weighted by molar-refractivity contribution is -0.127. The highest BCUT2D eigenvalue weighted by molar-refractivity contribution is 7.98. The molecule has 4 nitrogen and oxygen atoms in total. The van der Waals surface area contributed by atoms with E-state index < -0.39 is 6.04 Å². The van der Waals surface area contributed by atoms with E-state index in [-0.39, 0.29) is 11.8 Å². The van der Waals surface area contributed by atoms with Crippen LogP contribution in [0.25, 0.3) is 0 Å². The van der Waals surface area contributed by atoms with Crippen LogP contribution in [0.3, 0.4) is 0 Å². The minimum Gasteiger partial charge on any atom is -0.354 e. The number of amides is 2. The molecule has 0 aliphatic carbocycles. The summed E-state index contributed by atoms with van der Waals surface area (Å²) in [7, 11) is 0. The van der Waals surface area contributed by atoms with E-state index in [1.807, 2.05) is 6.26 Å². The molecule has 15 heavy (non-hydrogen) atoms. The number of unbranched alkanes of at least 4 members (excludes halogenated alkanes) is 1. The molecule has 0 saturated heterocycles. The molecule has 0 aromatic rings. The van der Waals surface area contributed by atoms with Gasteiger partial charge in [-0.2, -0.15) is 11.8 Å². The van der Waals surface area contributed by atoms with Gasteiger partial charge in [-0.3, -0.25) is 9.59 Å². The highest BCUT2D eigenvalue weighted by atomic mass is 32.2. The third-order valence-electron chi connectivity index (χ3n) is 1.86. The first kappa shape index (κ1) is 14.3. The Hall–Kier alpha value is -0.710. The number of carbonyl (C=O) groups is 2. The summed E-state index contributed by atoms with van der Waals surface area (Å²) in [6, 6.07) is -0.408. The quantitative estimate of drug-likeness (QED) is 0.637. The average Bonchev–Trinajstić information content (AvgIpc) is 2.17. The Morgan fingerprint density at radius 1 is 1.40 bits per heavy atom. The van der Waals surface area contributed by atoms with Crippen molar-refractivity contribution in [1.82, 2.24) is 10.6 Å². The largest absolute Gasteiger partial charge is 0.354 e. The van der Waals surface area contributed by atoms with Crippen molar-refractivity contribution in [1.29, 1.82) is 0 Å². The van der Waals surface area contributed by atoms with Gasteiger partial charge in [0, 0.05) is 19.2 Å². The molecule has 2 N–H and O–H groups in total. The van der Waals surface area contributed by atoms with E-state index in [4.69, 9.17) is 0 Å². The normalized spacial score (nSPS) is 11.9. The van der Waals surface area contributed by atoms with E-state index in [2.05, 4.69) is 17.6 Å². The SMILES string of the molecule is CCCCNC(=O)[C@H](CSC)NC(C)=O. The van der Waals surface area contributed by atoms with Crippen LogP contribution in [0.5, 0.6) is 0 Å². The molecule has 88 valence electrons. The fourth-order valence-electron chi connectivity index (χ4n) is 1.11. The Morgan fingerprint density at radius 3 is 2.53 bits per heavy atom. The second-order valence-corrected chi connectivity index (χ2v) is 4.26. The third-order valence-corrected chi connectivity index (χ3v) is 2.52. The van der Waals surface area contributed by atoms with Crippen LogP contribution in [-0.4, -0.2) is 36.4 Å². The molecular formula is C10H20N2O2S. The summed E-state index contributed by atoms with van der Waals surface area (Å²) >= 11 is 1.54. The Balaban J connectivity index is 3.98. The van der Waals surface area contributed by atoms with Crippen molar-refractivity contribution in [2.45, 2.75) is 32.7 Å². The summed E-state index contributed by atoms with van der Waals surface area (Å²) in [6.45, 7) is 4.17. The molecule has 0 aromatic heterocycles. The second kappa shape index (κ2) is 8.59. The van der Waals surface area contributed by atoms with Gasteiger partial charge in [-0.25, -0.2) is 0 Å². The average molecular weight is 232 g/mol. The Morgan fingerprint density at radius 2 is 2.07 bits per heavy atom. The van der Waals surface area contributed by atoms with Gasteiger partial charge in [0.25, 0.3) is 0 Å². The van der Waals surface area contributed by atoms with E-state index in [0.29, 0.717) is 12.3 Å². The lowest BCUT2D eigenvalue weighted by Crippen LogP contribution is -2.47. The van der Waals surface area contributed by atoms with Gasteiger partial charge in [0.1, 0.15) is 6.04 Å². The van der Waals surface area contributed by atoms with Crippen LogP contribution < -0.4 is 10.6 Å². The Bertz CT molecular complexity index is 210. The Labute approximate surface area is 95.6 Å². The molecular weight excluding hydrogens is 212 g/mol. The molecule has 0 radical (unpaired) electrons. The first-order chi connectivity index (χ1) is 7.11. The van der Waals surface area contributed by atoms with Crippen molar-refractivity contribution in [2.24, 2.45) is 0 Å². The van der Waals surface area contributed by atoms with Crippen molar-refractivity contribution in [3.8, 4) is 0 Å². The smallest absolute Gasteiger partial charge is 0.243 e. The monoisotopic (exact) mass is 232 g/mol. The number of hydrogen-bond donors (Lipinski definition) is 2. The number of thioether (sulfide) groups is 1. The van der Waals surface area contributed by atoms with Gasteiger partial charge in [0.05, 0.1) is 0 Å². The standard InChI is InChI=1S/C10H20N2O2S/c1-4-5-6-11-10(14)9(7-15-3)12-8(2)13/h9H,4-7H2,1-3H3,(H,11,14)(H,12,13)/t9-/m0/s1. The first-order valence-electron chi connectivity index (χ1n) is 5.15. The molecule has 0 unspecified atom stereocenters. The second-order valence-electron chi connectivity index (χ2n) is 3.35. The molecule has 0 saturated carbocycles. The van der Waals surface area contributed by atoms with Crippen LogP contribution in [0, 0.1) is 0 Å². The van der Waals surface area contributed by atoms with Crippen molar-refractivity contribution >= 4 is 23.6 Å². The first-order valence-corrected chi connectivity index (χ1v) is 6.55. The topological polar surface area (TPSA) is 58.2 Å². The zero-order valence-electron chi connectivity index (χ0n) is 9.63. The predicted molar refractivity (Wildman–Crippen MR) is 63.9 cm³/mol. The maximum Gasteiger partial charge on any atom is 0.243 e. The minimum atomic E-state index is -0.408. The summed E-state index contributed by atoms with van der Waals surface area (Å²) in [4.78, 5) is 22.5. The molecule has 0 aliphatic rings. The zero-order chi connectivity index (χ0) is 11.7. The van der Waals surface area contributed by atoms with Gasteiger partial charge in [0.2, 0.25) is 11.8 Å². The van der Waals surface area contributed by atoms with Gasteiger partial charge >= 0.3 is 0 Å². The number of carbonyl (C=O) groups excluding carboxylic acids is 2. The molecule has 2 amide bonds. The zero-order valence-corrected chi connectivity index (χ0v) is 10.4. The van der Waals surface area contributed by atoms with Crippen LogP contribution >= 0.6 is 11.8 Å². The predicted octanol–water partition coefficient (Wildman–Crippen LogP) is 0.770. The molecule has 1 atom stereocenters. The van der Waals surface area contributed by atoms with Crippen LogP contribution in [0.1, 0.15) is 26.7 Å². The van der Waals surface area contributed by atoms with Gasteiger partial charge in [-0.15, -0.1) is 0 Å². The van der Waals surface area contributed by atoms with Gasteiger partial charge < -0.3 is 10.6 Å². The molecule has 0 aromatic carbocycles. The van der Waals surface area contributed by atoms with Crippen LogP contribution in [-0.2, 0) is 9.59 Å². The molecule has 0 fully saturated rings. The Kier molecular flexibility index (Phi) is 8.18. The molecule has 0 spiro atoms. The maximum absolute atomic E-state index is 11.6. The molecule has 0 heterocycles. The molecule has 5 heteroatoms. The van der Waals surface area contributed by atoms with Crippen molar-refractivity contribution < 1.29 is 9.59 Å². The van der Waals surface area contributed by atoms with Gasteiger partial charge in [0.15, 0.2) is 0 Å². The number of hydrogen-bond acceptors (Lipinski definition) is 3. The molecule has 0 rings (SSSR count). The van der Waals surface area contributed by atoms with Crippen molar-refractivity contribution in [2.75, 3.05) is 18.6 Å². The minimum absolute atomic E-state index is 0.0898.